The van der Waals surface area contributed by atoms with Gasteiger partial charge in [0.2, 0.25) is 21.8 Å². The number of aliphatic hydroxyl groups excluding tert-OH is 1. The summed E-state index contributed by atoms with van der Waals surface area (Å²) in [4.78, 5) is 46.4. The summed E-state index contributed by atoms with van der Waals surface area (Å²) < 4.78 is 22.5. The smallest absolute Gasteiger partial charge is 0.353 e. The van der Waals surface area contributed by atoms with Crippen molar-refractivity contribution in [2.45, 2.75) is 55.1 Å². The van der Waals surface area contributed by atoms with Crippen LogP contribution in [0.4, 0.5) is 0 Å². The van der Waals surface area contributed by atoms with Gasteiger partial charge in [-0.05, 0) is 13.3 Å². The van der Waals surface area contributed by atoms with Crippen LogP contribution >= 0.6 is 11.8 Å². The highest BCUT2D eigenvalue weighted by molar-refractivity contribution is 8.03. The molecule has 3 aliphatic rings. The van der Waals surface area contributed by atoms with Crippen molar-refractivity contribution in [3.05, 3.63) is 28.8 Å². The molecule has 4 heterocycles. The molecule has 2 saturated heterocycles. The van der Waals surface area contributed by atoms with Gasteiger partial charge in [-0.2, -0.15) is 0 Å². The van der Waals surface area contributed by atoms with Crippen molar-refractivity contribution < 1.29 is 33.0 Å². The molecule has 0 aromatic carbocycles. The van der Waals surface area contributed by atoms with Crippen LogP contribution in [0.1, 0.15) is 26.1 Å². The van der Waals surface area contributed by atoms with Crippen LogP contribution in [0, 0.1) is 11.8 Å². The molecule has 0 saturated carbocycles. The van der Waals surface area contributed by atoms with Crippen LogP contribution in [0.2, 0.25) is 0 Å². The second-order valence-electron chi connectivity index (χ2n) is 8.81. The van der Waals surface area contributed by atoms with Crippen LogP contribution in [0.25, 0.3) is 0 Å². The number of sulfonamides is 1. The number of β-lactam (4-membered cyclic amide) rings is 1. The first kappa shape index (κ1) is 25.5. The lowest BCUT2D eigenvalue weighted by atomic mass is 9.79. The first-order chi connectivity index (χ1) is 16.4. The van der Waals surface area contributed by atoms with E-state index in [0.29, 0.717) is 17.9 Å². The third-order valence-corrected chi connectivity index (χ3v) is 8.82. The molecule has 4 rings (SSSR count). The number of hydrogen-bond acceptors (Lipinski definition) is 10. The maximum Gasteiger partial charge on any atom is 0.353 e. The zero-order chi connectivity index (χ0) is 25.7. The van der Waals surface area contributed by atoms with E-state index in [4.69, 9.17) is 5.14 Å². The number of carbonyl (C=O) groups excluding carboxylic acids is 2. The monoisotopic (exact) mass is 526 g/mol. The Morgan fingerprint density at radius 1 is 1.37 bits per heavy atom. The molecule has 2 fully saturated rings. The van der Waals surface area contributed by atoms with Crippen LogP contribution in [0.3, 0.4) is 0 Å². The topological polar surface area (TPSA) is 205 Å². The molecular weight excluding hydrogens is 500 g/mol. The van der Waals surface area contributed by atoms with Gasteiger partial charge in [0.05, 0.1) is 43.0 Å². The first-order valence-corrected chi connectivity index (χ1v) is 13.3. The van der Waals surface area contributed by atoms with Crippen LogP contribution in [-0.4, -0.2) is 81.3 Å². The minimum Gasteiger partial charge on any atom is -0.477 e. The number of aromatic nitrogens is 2. The number of carboxylic acids is 1. The fourth-order valence-corrected chi connectivity index (χ4v) is 6.60. The Labute approximate surface area is 205 Å². The van der Waals surface area contributed by atoms with Crippen molar-refractivity contribution in [1.82, 2.24) is 25.5 Å². The van der Waals surface area contributed by atoms with E-state index in [1.54, 1.807) is 0 Å². The van der Waals surface area contributed by atoms with Gasteiger partial charge in [-0.15, -0.1) is 11.8 Å². The van der Waals surface area contributed by atoms with E-state index < -0.39 is 34.1 Å². The molecule has 1 aromatic heterocycles. The largest absolute Gasteiger partial charge is 0.477 e. The van der Waals surface area contributed by atoms with Gasteiger partial charge in [0.15, 0.2) is 0 Å². The van der Waals surface area contributed by atoms with E-state index in [1.165, 1.54) is 23.6 Å². The number of nitrogens with two attached hydrogens (primary N) is 1. The van der Waals surface area contributed by atoms with E-state index in [1.807, 2.05) is 6.92 Å². The molecule has 0 bridgehead atoms. The summed E-state index contributed by atoms with van der Waals surface area (Å²) in [6.45, 7) is 3.84. The van der Waals surface area contributed by atoms with Crippen molar-refractivity contribution in [1.29, 1.82) is 0 Å². The molecule has 0 unspecified atom stereocenters. The van der Waals surface area contributed by atoms with Crippen LogP contribution in [0.15, 0.2) is 27.9 Å². The van der Waals surface area contributed by atoms with Gasteiger partial charge in [-0.25, -0.2) is 28.3 Å². The average Bonchev–Trinajstić information content (AvgIpc) is 3.33. The minimum atomic E-state index is -3.91. The molecule has 0 radical (unpaired) electrons. The highest BCUT2D eigenvalue weighted by Crippen LogP contribution is 2.51. The Bertz CT molecular complexity index is 1190. The number of carboxylic acid groups (broad SMARTS) is 1. The normalized spacial score (nSPS) is 29.1. The maximum absolute atomic E-state index is 12.6. The van der Waals surface area contributed by atoms with Gasteiger partial charge in [-0.3, -0.25) is 9.59 Å². The van der Waals surface area contributed by atoms with Gasteiger partial charge in [0, 0.05) is 22.6 Å². The summed E-state index contributed by atoms with van der Waals surface area (Å²) in [6.07, 6.45) is 1.70. The zero-order valence-corrected chi connectivity index (χ0v) is 20.5. The summed E-state index contributed by atoms with van der Waals surface area (Å²) in [6, 6.07) is -0.907. The van der Waals surface area contributed by atoms with E-state index in [0.717, 1.165) is 12.4 Å². The number of thioether (sulfide) groups is 1. The maximum atomic E-state index is 12.6. The molecule has 6 N–H and O–H groups in total. The molecule has 3 aliphatic heterocycles. The summed E-state index contributed by atoms with van der Waals surface area (Å²) in [5.74, 6) is -2.52. The predicted octanol–water partition coefficient (Wildman–Crippen LogP) is -1.64. The average molecular weight is 527 g/mol. The van der Waals surface area contributed by atoms with E-state index in [9.17, 15) is 33.0 Å². The van der Waals surface area contributed by atoms with Crippen molar-refractivity contribution >= 4 is 39.6 Å². The Morgan fingerprint density at radius 3 is 2.60 bits per heavy atom. The lowest BCUT2D eigenvalue weighted by Gasteiger charge is -2.46. The quantitative estimate of drug-likeness (QED) is 0.243. The molecule has 13 nitrogen and oxygen atoms in total. The van der Waals surface area contributed by atoms with Gasteiger partial charge >= 0.3 is 5.97 Å². The molecular formula is C20H26N6O7S2. The lowest BCUT2D eigenvalue weighted by Crippen LogP contribution is -2.63. The standard InChI is InChI=1S/C20H26N6O7S2/c1-8-15-14(9(2)27)19(29)26(15)16(20(30)31)17(8)34-10-3-12(22-4-10)18(28)25-7-13-23-5-11(6-24-13)35(21,32)33/h5-6,8-10,12,14-15,22,27H,3-4,7H2,1-2H3,(H,25,28)(H,30,31)(H2,21,32,33)/t8-,9-,10+,12+,14-,15-/m1/s1. The Hall–Kier alpha value is -2.59. The zero-order valence-electron chi connectivity index (χ0n) is 18.9. The Kier molecular flexibility index (Phi) is 6.89. The highest BCUT2D eigenvalue weighted by atomic mass is 32.2. The fraction of sp³-hybridized carbons (Fsp3) is 0.550. The molecule has 0 aliphatic carbocycles. The number of nitrogens with zero attached hydrogens (tertiary/aromatic N) is 3. The first-order valence-electron chi connectivity index (χ1n) is 10.9. The Morgan fingerprint density at radius 2 is 2.03 bits per heavy atom. The number of nitrogens with one attached hydrogen (secondary N) is 2. The second kappa shape index (κ2) is 9.46. The van der Waals surface area contributed by atoms with Crippen molar-refractivity contribution in [2.24, 2.45) is 17.0 Å². The number of amides is 2. The second-order valence-corrected chi connectivity index (χ2v) is 11.7. The molecule has 0 spiro atoms. The van der Waals surface area contributed by atoms with Gasteiger partial charge < -0.3 is 25.7 Å². The summed E-state index contributed by atoms with van der Waals surface area (Å²) >= 11 is 1.35. The van der Waals surface area contributed by atoms with Gasteiger partial charge in [-0.1, -0.05) is 6.92 Å². The summed E-state index contributed by atoms with van der Waals surface area (Å²) in [7, 11) is -3.91. The van der Waals surface area contributed by atoms with Crippen LogP contribution < -0.4 is 15.8 Å². The van der Waals surface area contributed by atoms with Gasteiger partial charge in [0.1, 0.15) is 16.4 Å². The Balaban J connectivity index is 1.36. The number of aliphatic hydroxyl groups is 1. The predicted molar refractivity (Wildman–Crippen MR) is 123 cm³/mol. The number of primary sulfonamides is 1. The molecule has 190 valence electrons. The third kappa shape index (κ3) is 4.78. The minimum absolute atomic E-state index is 0.00937. The van der Waals surface area contributed by atoms with E-state index in [-0.39, 0.29) is 52.0 Å². The molecule has 2 amide bonds. The summed E-state index contributed by atoms with van der Waals surface area (Å²) in [5.41, 5.74) is -0.0395. The third-order valence-electron chi connectivity index (χ3n) is 6.44. The molecule has 35 heavy (non-hydrogen) atoms. The molecule has 1 aromatic rings. The van der Waals surface area contributed by atoms with Crippen molar-refractivity contribution in [2.75, 3.05) is 6.54 Å². The SMILES string of the molecule is C[C@@H](O)[C@H]1C(=O)N2C(C(=O)O)=C(S[C@@H]3CN[C@H](C(=O)NCc4ncc(S(N)(=O)=O)cn4)C3)[C@H](C)[C@H]12. The summed E-state index contributed by atoms with van der Waals surface area (Å²) in [5, 5.41) is 30.5. The fourth-order valence-electron chi connectivity index (χ4n) is 4.72. The van der Waals surface area contributed by atoms with Crippen molar-refractivity contribution in [3.8, 4) is 0 Å². The lowest BCUT2D eigenvalue weighted by molar-refractivity contribution is -0.163. The number of aliphatic carboxylic acids is 1. The number of rotatable bonds is 8. The van der Waals surface area contributed by atoms with E-state index in [2.05, 4.69) is 20.6 Å². The molecule has 6 atom stereocenters. The molecule has 15 heteroatoms. The number of carbonyl (C=O) groups is 3. The highest BCUT2D eigenvalue weighted by Gasteiger charge is 2.60. The van der Waals surface area contributed by atoms with Gasteiger partial charge in [0.25, 0.3) is 0 Å². The number of fused-ring (bicyclic) bond motifs is 1. The van der Waals surface area contributed by atoms with E-state index >= 15 is 0 Å². The number of hydrogen-bond donors (Lipinski definition) is 5. The van der Waals surface area contributed by atoms with Crippen LogP contribution in [0.5, 0.6) is 0 Å². The van der Waals surface area contributed by atoms with Crippen LogP contribution in [-0.2, 0) is 31.0 Å². The van der Waals surface area contributed by atoms with Crippen molar-refractivity contribution in [3.63, 3.8) is 0 Å².